The fraction of sp³-hybridized carbons (Fsp3) is 0.158. The molecule has 0 saturated carbocycles. The lowest BCUT2D eigenvalue weighted by atomic mass is 9.93. The summed E-state index contributed by atoms with van der Waals surface area (Å²) in [6.07, 6.45) is 1.69. The van der Waals surface area contributed by atoms with Crippen LogP contribution in [0.25, 0.3) is 11.6 Å². The van der Waals surface area contributed by atoms with Crippen LogP contribution in [0.5, 0.6) is 17.2 Å². The molecule has 0 radical (unpaired) electrons. The van der Waals surface area contributed by atoms with E-state index in [-0.39, 0.29) is 0 Å². The molecule has 0 fully saturated rings. The van der Waals surface area contributed by atoms with E-state index in [0.717, 1.165) is 0 Å². The summed E-state index contributed by atoms with van der Waals surface area (Å²) in [5.74, 6) is 0.583. The molecule has 0 unspecified atom stereocenters. The van der Waals surface area contributed by atoms with E-state index in [4.69, 9.17) is 14.2 Å². The van der Waals surface area contributed by atoms with Gasteiger partial charge in [-0.3, -0.25) is 14.9 Å². The smallest absolute Gasteiger partial charge is 0.258 e. The Morgan fingerprint density at radius 2 is 1.44 bits per heavy atom. The zero-order chi connectivity index (χ0) is 18.0. The number of rotatable bonds is 4. The van der Waals surface area contributed by atoms with E-state index in [1.807, 2.05) is 0 Å². The topological polar surface area (TPSA) is 73.9 Å². The van der Waals surface area contributed by atoms with Crippen molar-refractivity contribution in [1.29, 1.82) is 0 Å². The molecule has 0 atom stereocenters. The van der Waals surface area contributed by atoms with Gasteiger partial charge < -0.3 is 14.2 Å². The van der Waals surface area contributed by atoms with Gasteiger partial charge in [-0.05, 0) is 35.4 Å². The molecule has 25 heavy (non-hydrogen) atoms. The summed E-state index contributed by atoms with van der Waals surface area (Å²) in [6.45, 7) is 0. The van der Waals surface area contributed by atoms with Crippen molar-refractivity contribution in [3.05, 3.63) is 53.1 Å². The van der Waals surface area contributed by atoms with Gasteiger partial charge in [-0.15, -0.1) is 0 Å². The molecular weight excluding hydrogens is 322 g/mol. The highest BCUT2D eigenvalue weighted by molar-refractivity contribution is 6.33. The second-order valence-corrected chi connectivity index (χ2v) is 5.35. The van der Waals surface area contributed by atoms with Crippen LogP contribution in [0, 0.1) is 0 Å². The van der Waals surface area contributed by atoms with Crippen molar-refractivity contribution >= 4 is 23.5 Å². The van der Waals surface area contributed by atoms with Gasteiger partial charge in [0.05, 0.1) is 21.3 Å². The van der Waals surface area contributed by atoms with Gasteiger partial charge >= 0.3 is 0 Å². The Bertz CT molecular complexity index is 860. The van der Waals surface area contributed by atoms with E-state index in [9.17, 15) is 9.59 Å². The Hall–Kier alpha value is -3.28. The standard InChI is InChI=1S/C19H17NO5/c1-23-15-9-11(10-16(24-2)17(15)25-3)8-14-12-6-4-5-7-13(12)18(21)20-19(14)22/h4-10H,1-3H3,(H,20,21,22)/b14-8+. The van der Waals surface area contributed by atoms with E-state index in [0.29, 0.717) is 39.5 Å². The molecule has 1 aliphatic rings. The summed E-state index contributed by atoms with van der Waals surface area (Å²) in [7, 11) is 4.57. The lowest BCUT2D eigenvalue weighted by Crippen LogP contribution is -2.36. The molecule has 0 bridgehead atoms. The maximum absolute atomic E-state index is 12.3. The Balaban J connectivity index is 2.16. The third-order valence-corrected chi connectivity index (χ3v) is 3.93. The monoisotopic (exact) mass is 339 g/mol. The van der Waals surface area contributed by atoms with E-state index in [2.05, 4.69) is 5.32 Å². The van der Waals surface area contributed by atoms with Gasteiger partial charge in [0.2, 0.25) is 5.75 Å². The van der Waals surface area contributed by atoms with E-state index < -0.39 is 11.8 Å². The number of carbonyl (C=O) groups is 2. The SMILES string of the molecule is COc1cc(/C=C2/C(=O)NC(=O)c3ccccc32)cc(OC)c1OC. The predicted molar refractivity (Wildman–Crippen MR) is 92.9 cm³/mol. The lowest BCUT2D eigenvalue weighted by Gasteiger charge is -2.18. The first-order valence-corrected chi connectivity index (χ1v) is 7.55. The second-order valence-electron chi connectivity index (χ2n) is 5.35. The van der Waals surface area contributed by atoms with Gasteiger partial charge in [0.25, 0.3) is 11.8 Å². The van der Waals surface area contributed by atoms with E-state index >= 15 is 0 Å². The number of carbonyl (C=O) groups excluding carboxylic acids is 2. The number of hydrogen-bond donors (Lipinski definition) is 1. The van der Waals surface area contributed by atoms with Gasteiger partial charge in [0.1, 0.15) is 0 Å². The summed E-state index contributed by atoms with van der Waals surface area (Å²) in [6, 6.07) is 10.4. The minimum atomic E-state index is -0.447. The predicted octanol–water partition coefficient (Wildman–Crippen LogP) is 2.52. The highest BCUT2D eigenvalue weighted by Crippen LogP contribution is 2.39. The number of fused-ring (bicyclic) bond motifs is 1. The van der Waals surface area contributed by atoms with Gasteiger partial charge in [-0.1, -0.05) is 18.2 Å². The molecule has 0 spiro atoms. The molecule has 0 aromatic heterocycles. The van der Waals surface area contributed by atoms with Crippen LogP contribution in [-0.4, -0.2) is 33.1 Å². The van der Waals surface area contributed by atoms with Crippen LogP contribution in [0.2, 0.25) is 0 Å². The summed E-state index contributed by atoms with van der Waals surface area (Å²) in [5.41, 5.74) is 2.12. The van der Waals surface area contributed by atoms with Gasteiger partial charge in [-0.2, -0.15) is 0 Å². The van der Waals surface area contributed by atoms with Crippen molar-refractivity contribution < 1.29 is 23.8 Å². The van der Waals surface area contributed by atoms with Gasteiger partial charge in [-0.25, -0.2) is 0 Å². The molecule has 0 aliphatic carbocycles. The summed E-state index contributed by atoms with van der Waals surface area (Å²) < 4.78 is 16.0. The number of nitrogens with one attached hydrogen (secondary N) is 1. The third-order valence-electron chi connectivity index (χ3n) is 3.93. The van der Waals surface area contributed by atoms with Crippen LogP contribution in [0.4, 0.5) is 0 Å². The largest absolute Gasteiger partial charge is 0.493 e. The highest BCUT2D eigenvalue weighted by Gasteiger charge is 2.26. The van der Waals surface area contributed by atoms with Gasteiger partial charge in [0, 0.05) is 11.1 Å². The number of imide groups is 1. The van der Waals surface area contributed by atoms with Crippen molar-refractivity contribution in [3.8, 4) is 17.2 Å². The Morgan fingerprint density at radius 3 is 2.00 bits per heavy atom. The van der Waals surface area contributed by atoms with Crippen LogP contribution in [0.3, 0.4) is 0 Å². The van der Waals surface area contributed by atoms with Crippen LogP contribution < -0.4 is 19.5 Å². The molecule has 0 saturated heterocycles. The number of amides is 2. The van der Waals surface area contributed by atoms with Crippen molar-refractivity contribution in [1.82, 2.24) is 5.32 Å². The molecule has 2 amide bonds. The van der Waals surface area contributed by atoms with E-state index in [1.54, 1.807) is 42.5 Å². The maximum atomic E-state index is 12.3. The molecule has 6 nitrogen and oxygen atoms in total. The minimum absolute atomic E-state index is 0.393. The number of methoxy groups -OCH3 is 3. The fourth-order valence-electron chi connectivity index (χ4n) is 2.77. The van der Waals surface area contributed by atoms with Crippen LogP contribution in [-0.2, 0) is 4.79 Å². The first-order valence-electron chi connectivity index (χ1n) is 7.55. The molecule has 6 heteroatoms. The second kappa shape index (κ2) is 6.68. The molecule has 2 aromatic carbocycles. The maximum Gasteiger partial charge on any atom is 0.258 e. The number of ether oxygens (including phenoxy) is 3. The Labute approximate surface area is 145 Å². The van der Waals surface area contributed by atoms with Crippen molar-refractivity contribution in [2.45, 2.75) is 0 Å². The zero-order valence-corrected chi connectivity index (χ0v) is 14.1. The minimum Gasteiger partial charge on any atom is -0.493 e. The highest BCUT2D eigenvalue weighted by atomic mass is 16.5. The third kappa shape index (κ3) is 2.94. The average molecular weight is 339 g/mol. The average Bonchev–Trinajstić information content (AvgIpc) is 2.64. The Morgan fingerprint density at radius 1 is 0.840 bits per heavy atom. The molecule has 1 aliphatic heterocycles. The molecule has 2 aromatic rings. The normalized spacial score (nSPS) is 14.8. The van der Waals surface area contributed by atoms with E-state index in [1.165, 1.54) is 21.3 Å². The van der Waals surface area contributed by atoms with Gasteiger partial charge in [0.15, 0.2) is 11.5 Å². The molecular formula is C19H17NO5. The first-order chi connectivity index (χ1) is 12.1. The zero-order valence-electron chi connectivity index (χ0n) is 14.1. The lowest BCUT2D eigenvalue weighted by molar-refractivity contribution is -0.114. The van der Waals surface area contributed by atoms with Crippen molar-refractivity contribution in [2.24, 2.45) is 0 Å². The van der Waals surface area contributed by atoms with Crippen LogP contribution >= 0.6 is 0 Å². The first kappa shape index (κ1) is 16.6. The fourth-order valence-corrected chi connectivity index (χ4v) is 2.77. The summed E-state index contributed by atoms with van der Waals surface area (Å²) >= 11 is 0. The van der Waals surface area contributed by atoms with Crippen LogP contribution in [0.1, 0.15) is 21.5 Å². The molecule has 1 N–H and O–H groups in total. The van der Waals surface area contributed by atoms with Crippen LogP contribution in [0.15, 0.2) is 36.4 Å². The molecule has 1 heterocycles. The van der Waals surface area contributed by atoms with Crippen molar-refractivity contribution in [3.63, 3.8) is 0 Å². The number of benzene rings is 2. The number of hydrogen-bond acceptors (Lipinski definition) is 5. The summed E-state index contributed by atoms with van der Waals surface area (Å²) in [5, 5.41) is 2.35. The Kier molecular flexibility index (Phi) is 4.43. The molecule has 3 rings (SSSR count). The quantitative estimate of drug-likeness (QED) is 0.684. The summed E-state index contributed by atoms with van der Waals surface area (Å²) in [4.78, 5) is 24.3. The molecule has 128 valence electrons. The van der Waals surface area contributed by atoms with Crippen molar-refractivity contribution in [2.75, 3.05) is 21.3 Å².